The molecule has 0 amide bonds. The molecule has 0 aliphatic carbocycles. The van der Waals surface area contributed by atoms with Crippen molar-refractivity contribution < 1.29 is 14.4 Å². The first-order valence-corrected chi connectivity index (χ1v) is 8.07. The molecule has 0 aromatic heterocycles. The van der Waals surface area contributed by atoms with E-state index in [4.69, 9.17) is 0 Å². The van der Waals surface area contributed by atoms with E-state index >= 15 is 0 Å². The van der Waals surface area contributed by atoms with E-state index in [0.717, 1.165) is 38.9 Å². The quantitative estimate of drug-likeness (QED) is 0.428. The van der Waals surface area contributed by atoms with Crippen LogP contribution in [0.5, 0.6) is 0 Å². The van der Waals surface area contributed by atoms with E-state index in [-0.39, 0.29) is 0 Å². The molecule has 0 N–H and O–H groups in total. The highest BCUT2D eigenvalue weighted by Gasteiger charge is 2.47. The summed E-state index contributed by atoms with van der Waals surface area (Å²) in [5.41, 5.74) is -0.702. The molecule has 0 spiro atoms. The van der Waals surface area contributed by atoms with E-state index < -0.39 is 11.5 Å². The zero-order chi connectivity index (χ0) is 14.9. The van der Waals surface area contributed by atoms with Crippen LogP contribution in [0.2, 0.25) is 0 Å². The summed E-state index contributed by atoms with van der Waals surface area (Å²) in [5.74, 6) is -0.850. The van der Waals surface area contributed by atoms with Crippen molar-refractivity contribution in [2.45, 2.75) is 78.7 Å². The number of rotatable bonds is 11. The van der Waals surface area contributed by atoms with Gasteiger partial charge in [0.2, 0.25) is 0 Å². The minimum Gasteiger partial charge on any atom is -0.544 e. The van der Waals surface area contributed by atoms with E-state index in [1.807, 2.05) is 6.92 Å². The molecule has 3 nitrogen and oxygen atoms in total. The number of likely N-dealkylation sites (N-methyl/N-ethyl adjacent to an activating group) is 1. The number of quaternary nitrogens is 1. The molecule has 0 aromatic carbocycles. The third-order valence-corrected chi connectivity index (χ3v) is 5.13. The lowest BCUT2D eigenvalue weighted by molar-refractivity contribution is -0.965. The molecule has 0 aromatic rings. The van der Waals surface area contributed by atoms with Crippen molar-refractivity contribution in [1.29, 1.82) is 0 Å². The normalized spacial score (nSPS) is 15.2. The molecule has 114 valence electrons. The second-order valence-electron chi connectivity index (χ2n) is 5.58. The van der Waals surface area contributed by atoms with Crippen LogP contribution >= 0.6 is 0 Å². The Morgan fingerprint density at radius 1 is 0.947 bits per heavy atom. The summed E-state index contributed by atoms with van der Waals surface area (Å²) in [4.78, 5) is 11.9. The van der Waals surface area contributed by atoms with Crippen molar-refractivity contribution in [2.75, 3.05) is 19.6 Å². The van der Waals surface area contributed by atoms with Crippen molar-refractivity contribution in [2.24, 2.45) is 0 Å². The molecular weight excluding hydrogens is 238 g/mol. The number of unbranched alkanes of at least 4 members (excludes halogenated alkanes) is 3. The van der Waals surface area contributed by atoms with Gasteiger partial charge in [-0.05, 0) is 27.2 Å². The lowest BCUT2D eigenvalue weighted by atomic mass is 9.84. The van der Waals surface area contributed by atoms with Crippen LogP contribution in [0.3, 0.4) is 0 Å². The summed E-state index contributed by atoms with van der Waals surface area (Å²) in [6.07, 6.45) is 5.91. The van der Waals surface area contributed by atoms with Gasteiger partial charge in [-0.15, -0.1) is 0 Å². The van der Waals surface area contributed by atoms with Crippen LogP contribution < -0.4 is 5.11 Å². The monoisotopic (exact) mass is 271 g/mol. The molecule has 0 heterocycles. The molecule has 1 unspecified atom stereocenters. The lowest BCUT2D eigenvalue weighted by Gasteiger charge is -2.53. The van der Waals surface area contributed by atoms with Crippen LogP contribution in [0.4, 0.5) is 0 Å². The van der Waals surface area contributed by atoms with Crippen molar-refractivity contribution in [3.8, 4) is 0 Å². The van der Waals surface area contributed by atoms with Crippen LogP contribution in [-0.4, -0.2) is 35.6 Å². The van der Waals surface area contributed by atoms with E-state index in [0.29, 0.717) is 10.9 Å². The Labute approximate surface area is 119 Å². The van der Waals surface area contributed by atoms with E-state index in [1.165, 1.54) is 12.8 Å². The Morgan fingerprint density at radius 2 is 1.47 bits per heavy atom. The number of hydrogen-bond acceptors (Lipinski definition) is 2. The van der Waals surface area contributed by atoms with Gasteiger partial charge in [-0.1, -0.05) is 33.1 Å². The van der Waals surface area contributed by atoms with Gasteiger partial charge in [0, 0.05) is 12.8 Å². The highest BCUT2D eigenvalue weighted by Crippen LogP contribution is 2.33. The van der Waals surface area contributed by atoms with Gasteiger partial charge in [0.25, 0.3) is 0 Å². The number of nitrogens with zero attached hydrogens (tertiary/aromatic N) is 1. The Balaban J connectivity index is 5.19. The van der Waals surface area contributed by atoms with Crippen LogP contribution in [0.25, 0.3) is 0 Å². The SMILES string of the molecule is CCCCCCC(CC)(C(=O)[O-])[N+](CC)(CC)CC. The van der Waals surface area contributed by atoms with Gasteiger partial charge in [-0.25, -0.2) is 0 Å². The molecule has 0 saturated heterocycles. The third kappa shape index (κ3) is 3.71. The first kappa shape index (κ1) is 18.4. The summed E-state index contributed by atoms with van der Waals surface area (Å²) in [6.45, 7) is 13.1. The second kappa shape index (κ2) is 8.57. The first-order valence-electron chi connectivity index (χ1n) is 8.07. The smallest absolute Gasteiger partial charge is 0.139 e. The van der Waals surface area contributed by atoms with Crippen LogP contribution in [0.1, 0.15) is 73.1 Å². The molecule has 3 heteroatoms. The summed E-state index contributed by atoms with van der Waals surface area (Å²) in [6, 6.07) is 0. The van der Waals surface area contributed by atoms with E-state index in [9.17, 15) is 9.90 Å². The van der Waals surface area contributed by atoms with Gasteiger partial charge < -0.3 is 14.4 Å². The zero-order valence-electron chi connectivity index (χ0n) is 13.6. The first-order chi connectivity index (χ1) is 9.00. The summed E-state index contributed by atoms with van der Waals surface area (Å²) < 4.78 is 0.651. The van der Waals surface area contributed by atoms with Gasteiger partial charge in [0.15, 0.2) is 0 Å². The molecular formula is C16H33NO2. The topological polar surface area (TPSA) is 40.1 Å². The zero-order valence-corrected chi connectivity index (χ0v) is 13.6. The van der Waals surface area contributed by atoms with Gasteiger partial charge in [0.1, 0.15) is 11.5 Å². The summed E-state index contributed by atoms with van der Waals surface area (Å²) >= 11 is 0. The van der Waals surface area contributed by atoms with E-state index in [1.54, 1.807) is 0 Å². The molecule has 0 bridgehead atoms. The predicted molar refractivity (Wildman–Crippen MR) is 78.7 cm³/mol. The Kier molecular flexibility index (Phi) is 8.31. The molecule has 0 saturated carbocycles. The van der Waals surface area contributed by atoms with Crippen molar-refractivity contribution in [1.82, 2.24) is 0 Å². The van der Waals surface area contributed by atoms with Gasteiger partial charge in [-0.2, -0.15) is 0 Å². The van der Waals surface area contributed by atoms with Crippen molar-refractivity contribution in [3.63, 3.8) is 0 Å². The van der Waals surface area contributed by atoms with Gasteiger partial charge in [-0.3, -0.25) is 0 Å². The number of carbonyl (C=O) groups excluding carboxylic acids is 1. The minimum atomic E-state index is -0.850. The fourth-order valence-corrected chi connectivity index (χ4v) is 3.61. The second-order valence-corrected chi connectivity index (χ2v) is 5.58. The fourth-order valence-electron chi connectivity index (χ4n) is 3.61. The maximum Gasteiger partial charge on any atom is 0.139 e. The number of aliphatic carboxylic acids is 1. The Morgan fingerprint density at radius 3 is 1.79 bits per heavy atom. The lowest BCUT2D eigenvalue weighted by Crippen LogP contribution is -2.70. The average Bonchev–Trinajstić information content (AvgIpc) is 2.43. The van der Waals surface area contributed by atoms with Crippen molar-refractivity contribution >= 4 is 5.97 Å². The molecule has 0 aliphatic heterocycles. The van der Waals surface area contributed by atoms with Crippen LogP contribution in [-0.2, 0) is 4.79 Å². The number of carboxylic acid groups (broad SMARTS) is 1. The standard InChI is InChI=1S/C16H33NO2/c1-6-11-12-13-14-16(7-2,15(18)19)17(8-3,9-4)10-5/h6-14H2,1-5H3. The van der Waals surface area contributed by atoms with Crippen LogP contribution in [0, 0.1) is 0 Å². The largest absolute Gasteiger partial charge is 0.544 e. The van der Waals surface area contributed by atoms with Crippen LogP contribution in [0.15, 0.2) is 0 Å². The molecule has 1 atom stereocenters. The van der Waals surface area contributed by atoms with Gasteiger partial charge >= 0.3 is 0 Å². The number of carbonyl (C=O) groups is 1. The third-order valence-electron chi connectivity index (χ3n) is 5.13. The van der Waals surface area contributed by atoms with E-state index in [2.05, 4.69) is 27.7 Å². The maximum atomic E-state index is 11.9. The fraction of sp³-hybridized carbons (Fsp3) is 0.938. The highest BCUT2D eigenvalue weighted by molar-refractivity contribution is 5.75. The minimum absolute atomic E-state index is 0.651. The maximum absolute atomic E-state index is 11.9. The molecule has 19 heavy (non-hydrogen) atoms. The molecule has 0 radical (unpaired) electrons. The number of carboxylic acids is 1. The molecule has 0 fully saturated rings. The summed E-state index contributed by atoms with van der Waals surface area (Å²) in [7, 11) is 0. The highest BCUT2D eigenvalue weighted by atomic mass is 16.4. The molecule has 0 rings (SSSR count). The molecule has 0 aliphatic rings. The Bertz CT molecular complexity index is 253. The number of hydrogen-bond donors (Lipinski definition) is 0. The Hall–Kier alpha value is -0.570. The summed E-state index contributed by atoms with van der Waals surface area (Å²) in [5, 5.41) is 11.9. The predicted octanol–water partition coefficient (Wildman–Crippen LogP) is 2.73. The van der Waals surface area contributed by atoms with Crippen molar-refractivity contribution in [3.05, 3.63) is 0 Å². The average molecular weight is 271 g/mol. The van der Waals surface area contributed by atoms with Gasteiger partial charge in [0.05, 0.1) is 19.6 Å².